The number of carbonyl (C=O) groups is 1. The van der Waals surface area contributed by atoms with Crippen molar-refractivity contribution in [2.75, 3.05) is 18.4 Å². The lowest BCUT2D eigenvalue weighted by Gasteiger charge is -2.45. The smallest absolute Gasteiger partial charge is 0.255 e. The normalized spacial score (nSPS) is 18.3. The Bertz CT molecular complexity index is 1170. The summed E-state index contributed by atoms with van der Waals surface area (Å²) in [7, 11) is 0. The average molecular weight is 410 g/mol. The molecular formula is C22H20ClN3O3. The number of carbonyl (C=O) groups excluding carboxylic acids is 1. The summed E-state index contributed by atoms with van der Waals surface area (Å²) in [5.74, 6) is -0.107. The summed E-state index contributed by atoms with van der Waals surface area (Å²) in [4.78, 5) is 27.5. The van der Waals surface area contributed by atoms with E-state index < -0.39 is 5.66 Å². The summed E-state index contributed by atoms with van der Waals surface area (Å²) < 4.78 is 5.63. The second-order valence-electron chi connectivity index (χ2n) is 7.71. The summed E-state index contributed by atoms with van der Waals surface area (Å²) in [6.07, 6.45) is 3.04. The molecule has 2 aromatic carbocycles. The third kappa shape index (κ3) is 3.28. The summed E-state index contributed by atoms with van der Waals surface area (Å²) in [5.41, 5.74) is 2.18. The molecule has 148 valence electrons. The Morgan fingerprint density at radius 3 is 2.69 bits per heavy atom. The van der Waals surface area contributed by atoms with Crippen LogP contribution in [0.1, 0.15) is 28.8 Å². The fraction of sp³-hybridized carbons (Fsp3) is 0.273. The largest absolute Gasteiger partial charge is 0.464 e. The van der Waals surface area contributed by atoms with Crippen LogP contribution in [0.15, 0.2) is 57.9 Å². The van der Waals surface area contributed by atoms with Crippen LogP contribution >= 0.6 is 11.6 Å². The minimum Gasteiger partial charge on any atom is -0.464 e. The van der Waals surface area contributed by atoms with E-state index in [1.54, 1.807) is 30.5 Å². The highest BCUT2D eigenvalue weighted by molar-refractivity contribution is 6.31. The molecule has 6 nitrogen and oxygen atoms in total. The van der Waals surface area contributed by atoms with Crippen molar-refractivity contribution < 1.29 is 9.21 Å². The van der Waals surface area contributed by atoms with Gasteiger partial charge in [-0.1, -0.05) is 23.7 Å². The van der Waals surface area contributed by atoms with Crippen molar-refractivity contribution in [2.24, 2.45) is 0 Å². The van der Waals surface area contributed by atoms with Crippen molar-refractivity contribution in [3.8, 4) is 0 Å². The number of hydrogen-bond acceptors (Lipinski definition) is 5. The maximum Gasteiger partial charge on any atom is 0.255 e. The second-order valence-corrected chi connectivity index (χ2v) is 8.15. The van der Waals surface area contributed by atoms with Crippen molar-refractivity contribution in [2.45, 2.75) is 25.0 Å². The standard InChI is InChI=1S/C22H20ClN3O3/c23-15-5-6-18-17(11-15)21(28)25-22(24-18)7-9-26(10-8-22)12-14-13-29-19-4-2-1-3-16(19)20(14)27/h1-6,11,13,24H,7-10,12H2,(H,25,28). The molecule has 0 saturated carbocycles. The first-order valence-electron chi connectivity index (χ1n) is 9.65. The highest BCUT2D eigenvalue weighted by Crippen LogP contribution is 2.33. The topological polar surface area (TPSA) is 74.6 Å². The van der Waals surface area contributed by atoms with Crippen LogP contribution in [0.25, 0.3) is 11.0 Å². The lowest BCUT2D eigenvalue weighted by atomic mass is 9.92. The molecule has 3 heterocycles. The van der Waals surface area contributed by atoms with Gasteiger partial charge in [0.1, 0.15) is 11.2 Å². The number of piperidine rings is 1. The molecule has 5 rings (SSSR count). The number of anilines is 1. The van der Waals surface area contributed by atoms with Gasteiger partial charge >= 0.3 is 0 Å². The van der Waals surface area contributed by atoms with Crippen molar-refractivity contribution in [1.29, 1.82) is 0 Å². The number of fused-ring (bicyclic) bond motifs is 2. The predicted octanol–water partition coefficient (Wildman–Crippen LogP) is 3.59. The molecule has 0 bridgehead atoms. The lowest BCUT2D eigenvalue weighted by Crippen LogP contribution is -2.62. The molecule has 3 aromatic rings. The summed E-state index contributed by atoms with van der Waals surface area (Å²) in [5, 5.41) is 7.76. The highest BCUT2D eigenvalue weighted by atomic mass is 35.5. The monoisotopic (exact) mass is 409 g/mol. The molecule has 0 unspecified atom stereocenters. The molecule has 1 aromatic heterocycles. The Labute approximate surface area is 172 Å². The van der Waals surface area contributed by atoms with Gasteiger partial charge in [-0.25, -0.2) is 0 Å². The molecule has 1 spiro atoms. The van der Waals surface area contributed by atoms with E-state index >= 15 is 0 Å². The molecule has 2 N–H and O–H groups in total. The van der Waals surface area contributed by atoms with Crippen LogP contribution in [0.5, 0.6) is 0 Å². The van der Waals surface area contributed by atoms with E-state index in [1.807, 2.05) is 18.2 Å². The molecule has 1 amide bonds. The number of hydrogen-bond donors (Lipinski definition) is 2. The van der Waals surface area contributed by atoms with Crippen LogP contribution < -0.4 is 16.1 Å². The van der Waals surface area contributed by atoms with E-state index in [2.05, 4.69) is 15.5 Å². The number of nitrogens with one attached hydrogen (secondary N) is 2. The van der Waals surface area contributed by atoms with Gasteiger partial charge in [-0.05, 0) is 30.3 Å². The van der Waals surface area contributed by atoms with E-state index in [4.69, 9.17) is 16.0 Å². The van der Waals surface area contributed by atoms with Crippen LogP contribution in [-0.4, -0.2) is 29.6 Å². The molecule has 29 heavy (non-hydrogen) atoms. The summed E-state index contributed by atoms with van der Waals surface area (Å²) >= 11 is 6.02. The number of amides is 1. The fourth-order valence-electron chi connectivity index (χ4n) is 4.20. The maximum atomic E-state index is 12.7. The van der Waals surface area contributed by atoms with E-state index in [9.17, 15) is 9.59 Å². The Morgan fingerprint density at radius 2 is 1.86 bits per heavy atom. The summed E-state index contributed by atoms with van der Waals surface area (Å²) in [6.45, 7) is 2.04. The van der Waals surface area contributed by atoms with Crippen LogP contribution in [-0.2, 0) is 6.54 Å². The Kier molecular flexibility index (Phi) is 4.33. The maximum absolute atomic E-state index is 12.7. The first kappa shape index (κ1) is 18.2. The number of likely N-dealkylation sites (tertiary alicyclic amines) is 1. The zero-order chi connectivity index (χ0) is 20.0. The zero-order valence-electron chi connectivity index (χ0n) is 15.7. The van der Waals surface area contributed by atoms with Crippen LogP contribution in [0.3, 0.4) is 0 Å². The number of rotatable bonds is 2. The van der Waals surface area contributed by atoms with Gasteiger partial charge in [0.25, 0.3) is 5.91 Å². The molecule has 0 atom stereocenters. The Morgan fingerprint density at radius 1 is 1.07 bits per heavy atom. The van der Waals surface area contributed by atoms with Gasteiger partial charge in [0, 0.05) is 48.7 Å². The summed E-state index contributed by atoms with van der Waals surface area (Å²) in [6, 6.07) is 12.6. The van der Waals surface area contributed by atoms with Crippen LogP contribution in [0.4, 0.5) is 5.69 Å². The Balaban J connectivity index is 1.31. The highest BCUT2D eigenvalue weighted by Gasteiger charge is 2.40. The lowest BCUT2D eigenvalue weighted by molar-refractivity contribution is 0.0822. The van der Waals surface area contributed by atoms with Gasteiger partial charge < -0.3 is 15.1 Å². The van der Waals surface area contributed by atoms with E-state index in [-0.39, 0.29) is 11.3 Å². The molecule has 0 aliphatic carbocycles. The fourth-order valence-corrected chi connectivity index (χ4v) is 4.37. The van der Waals surface area contributed by atoms with Crippen molar-refractivity contribution >= 4 is 34.2 Å². The molecule has 1 fully saturated rings. The van der Waals surface area contributed by atoms with Crippen LogP contribution in [0.2, 0.25) is 5.02 Å². The van der Waals surface area contributed by atoms with Gasteiger partial charge in [0.2, 0.25) is 0 Å². The first-order chi connectivity index (χ1) is 14.0. The number of benzene rings is 2. The zero-order valence-corrected chi connectivity index (χ0v) is 16.5. The van der Waals surface area contributed by atoms with E-state index in [0.717, 1.165) is 31.6 Å². The number of nitrogens with zero attached hydrogens (tertiary/aromatic N) is 1. The van der Waals surface area contributed by atoms with Gasteiger partial charge in [-0.15, -0.1) is 0 Å². The SMILES string of the molecule is O=C1NC2(CCN(Cc3coc4ccccc4c3=O)CC2)Nc2ccc(Cl)cc21. The van der Waals surface area contributed by atoms with Crippen LogP contribution in [0, 0.1) is 0 Å². The molecule has 0 radical (unpaired) electrons. The number of halogens is 1. The molecule has 2 aliphatic rings. The first-order valence-corrected chi connectivity index (χ1v) is 10.0. The quantitative estimate of drug-likeness (QED) is 0.676. The van der Waals surface area contributed by atoms with Crippen molar-refractivity contribution in [3.63, 3.8) is 0 Å². The molecule has 1 saturated heterocycles. The van der Waals surface area contributed by atoms with Gasteiger partial charge in [0.05, 0.1) is 17.2 Å². The Hall–Kier alpha value is -2.83. The van der Waals surface area contributed by atoms with E-state index in [0.29, 0.717) is 33.7 Å². The third-order valence-corrected chi connectivity index (χ3v) is 6.04. The van der Waals surface area contributed by atoms with E-state index in [1.165, 1.54) is 0 Å². The predicted molar refractivity (Wildman–Crippen MR) is 112 cm³/mol. The molecule has 2 aliphatic heterocycles. The minimum absolute atomic E-state index is 0.0158. The third-order valence-electron chi connectivity index (χ3n) is 5.81. The number of para-hydroxylation sites is 1. The van der Waals surface area contributed by atoms with Gasteiger partial charge in [0.15, 0.2) is 5.43 Å². The van der Waals surface area contributed by atoms with Gasteiger partial charge in [-0.3, -0.25) is 14.5 Å². The van der Waals surface area contributed by atoms with Crippen molar-refractivity contribution in [3.05, 3.63) is 75.1 Å². The average Bonchev–Trinajstić information content (AvgIpc) is 2.73. The van der Waals surface area contributed by atoms with Gasteiger partial charge in [-0.2, -0.15) is 0 Å². The molecule has 7 heteroatoms. The second kappa shape index (κ2) is 6.90. The molecular weight excluding hydrogens is 390 g/mol. The minimum atomic E-state index is -0.470. The van der Waals surface area contributed by atoms with Crippen molar-refractivity contribution in [1.82, 2.24) is 10.2 Å².